The van der Waals surface area contributed by atoms with Crippen LogP contribution in [0.15, 0.2) is 33.5 Å². The summed E-state index contributed by atoms with van der Waals surface area (Å²) in [5.41, 5.74) is -0.0667. The van der Waals surface area contributed by atoms with E-state index in [-0.39, 0.29) is 29.9 Å². The molecule has 1 heterocycles. The third kappa shape index (κ3) is 2.20. The zero-order valence-corrected chi connectivity index (χ0v) is 9.40. The Bertz CT molecular complexity index is 625. The molecule has 0 aliphatic rings. The molecule has 0 saturated heterocycles. The second kappa shape index (κ2) is 4.41. The minimum atomic E-state index is -0.581. The van der Waals surface area contributed by atoms with Gasteiger partial charge >= 0.3 is 5.63 Å². The van der Waals surface area contributed by atoms with E-state index in [2.05, 4.69) is 0 Å². The lowest BCUT2D eigenvalue weighted by Gasteiger charge is -2.04. The average molecular weight is 232 g/mol. The number of hydrogen-bond acceptors (Lipinski definition) is 4. The number of carbonyl (C=O) groups is 1. The second-order valence-corrected chi connectivity index (χ2v) is 3.91. The second-order valence-electron chi connectivity index (χ2n) is 3.91. The van der Waals surface area contributed by atoms with Crippen LogP contribution in [0, 0.1) is 0 Å². The van der Waals surface area contributed by atoms with E-state index >= 15 is 0 Å². The molecule has 88 valence electrons. The predicted molar refractivity (Wildman–Crippen MR) is 63.2 cm³/mol. The van der Waals surface area contributed by atoms with Gasteiger partial charge in [-0.3, -0.25) is 0 Å². The zero-order valence-electron chi connectivity index (χ0n) is 9.40. The van der Waals surface area contributed by atoms with E-state index in [1.54, 1.807) is 24.3 Å². The molecule has 0 fully saturated rings. The first-order valence-electron chi connectivity index (χ1n) is 5.32. The molecule has 2 rings (SSSR count). The van der Waals surface area contributed by atoms with Crippen molar-refractivity contribution in [3.8, 4) is 5.75 Å². The maximum absolute atomic E-state index is 11.6. The highest BCUT2D eigenvalue weighted by Gasteiger charge is 2.13. The highest BCUT2D eigenvalue weighted by Crippen LogP contribution is 2.26. The van der Waals surface area contributed by atoms with E-state index in [1.807, 2.05) is 0 Å². The fourth-order valence-corrected chi connectivity index (χ4v) is 1.69. The summed E-state index contributed by atoms with van der Waals surface area (Å²) in [5.74, 6) is -0.116. The average Bonchev–Trinajstić information content (AvgIpc) is 2.28. The summed E-state index contributed by atoms with van der Waals surface area (Å²) in [6.07, 6.45) is 0.422. The Morgan fingerprint density at radius 1 is 1.35 bits per heavy atom. The monoisotopic (exact) mass is 232 g/mol. The van der Waals surface area contributed by atoms with Gasteiger partial charge in [-0.25, -0.2) is 4.79 Å². The predicted octanol–water partition coefficient (Wildman–Crippen LogP) is 2.02. The van der Waals surface area contributed by atoms with Crippen LogP contribution in [0.1, 0.15) is 18.9 Å². The molecular weight excluding hydrogens is 220 g/mol. The highest BCUT2D eigenvalue weighted by atomic mass is 16.4. The van der Waals surface area contributed by atoms with Crippen LogP contribution in [0.4, 0.5) is 0 Å². The first-order chi connectivity index (χ1) is 8.09. The standard InChI is InChI=1S/C13H12O4/c1-8(14)6-7-10-12(15)9-4-2-3-5-11(9)17-13(10)16/h2-5,15H,6-7H2,1H3. The first kappa shape index (κ1) is 11.4. The summed E-state index contributed by atoms with van der Waals surface area (Å²) in [5, 5.41) is 10.5. The van der Waals surface area contributed by atoms with Gasteiger partial charge in [0.1, 0.15) is 17.1 Å². The molecule has 2 aromatic rings. The van der Waals surface area contributed by atoms with Crippen molar-refractivity contribution in [1.82, 2.24) is 0 Å². The Labute approximate surface area is 97.5 Å². The number of ketones is 1. The number of rotatable bonds is 3. The van der Waals surface area contributed by atoms with Gasteiger partial charge in [0.2, 0.25) is 0 Å². The molecule has 0 bridgehead atoms. The van der Waals surface area contributed by atoms with Crippen molar-refractivity contribution >= 4 is 16.8 Å². The third-order valence-corrected chi connectivity index (χ3v) is 2.60. The molecule has 4 heteroatoms. The highest BCUT2D eigenvalue weighted by molar-refractivity contribution is 5.84. The molecule has 1 aromatic carbocycles. The fourth-order valence-electron chi connectivity index (χ4n) is 1.69. The molecule has 17 heavy (non-hydrogen) atoms. The minimum absolute atomic E-state index is 0.0306. The number of fused-ring (bicyclic) bond motifs is 1. The van der Waals surface area contributed by atoms with Crippen LogP contribution in [0.25, 0.3) is 11.0 Å². The minimum Gasteiger partial charge on any atom is -0.507 e. The van der Waals surface area contributed by atoms with E-state index in [0.29, 0.717) is 11.0 Å². The number of hydrogen-bond donors (Lipinski definition) is 1. The number of para-hydroxylation sites is 1. The summed E-state index contributed by atoms with van der Waals surface area (Å²) in [6, 6.07) is 6.76. The van der Waals surface area contributed by atoms with Crippen LogP contribution >= 0.6 is 0 Å². The van der Waals surface area contributed by atoms with Crippen molar-refractivity contribution in [1.29, 1.82) is 0 Å². The van der Waals surface area contributed by atoms with Crippen LogP contribution in [0.5, 0.6) is 5.75 Å². The molecule has 0 saturated carbocycles. The van der Waals surface area contributed by atoms with Gasteiger partial charge in [-0.2, -0.15) is 0 Å². The van der Waals surface area contributed by atoms with Gasteiger partial charge in [-0.15, -0.1) is 0 Å². The molecule has 0 amide bonds. The smallest absolute Gasteiger partial charge is 0.343 e. The molecule has 0 radical (unpaired) electrons. The van der Waals surface area contributed by atoms with Crippen molar-refractivity contribution in [3.63, 3.8) is 0 Å². The summed E-state index contributed by atoms with van der Waals surface area (Å²) < 4.78 is 5.08. The largest absolute Gasteiger partial charge is 0.507 e. The molecule has 0 unspecified atom stereocenters. The van der Waals surface area contributed by atoms with Gasteiger partial charge in [0, 0.05) is 6.42 Å². The van der Waals surface area contributed by atoms with Gasteiger partial charge in [0.05, 0.1) is 10.9 Å². The lowest BCUT2D eigenvalue weighted by molar-refractivity contribution is -0.116. The number of carbonyl (C=O) groups excluding carboxylic acids is 1. The summed E-state index contributed by atoms with van der Waals surface area (Å²) in [7, 11) is 0. The van der Waals surface area contributed by atoms with E-state index in [9.17, 15) is 14.7 Å². The SMILES string of the molecule is CC(=O)CCc1c(O)c2ccccc2oc1=O. The van der Waals surface area contributed by atoms with Crippen molar-refractivity contribution in [2.45, 2.75) is 19.8 Å². The Hall–Kier alpha value is -2.10. The molecular formula is C13H12O4. The zero-order chi connectivity index (χ0) is 12.4. The number of benzene rings is 1. The van der Waals surface area contributed by atoms with Crippen molar-refractivity contribution in [2.24, 2.45) is 0 Å². The topological polar surface area (TPSA) is 67.5 Å². The maximum Gasteiger partial charge on any atom is 0.343 e. The van der Waals surface area contributed by atoms with Gasteiger partial charge in [0.15, 0.2) is 0 Å². The molecule has 1 N–H and O–H groups in total. The van der Waals surface area contributed by atoms with Crippen LogP contribution in [-0.4, -0.2) is 10.9 Å². The molecule has 0 aliphatic carbocycles. The number of Topliss-reactive ketones (excluding diaryl/α,β-unsaturated/α-hetero) is 1. The summed E-state index contributed by atoms with van der Waals surface area (Å²) in [4.78, 5) is 22.5. The normalized spacial score (nSPS) is 10.6. The van der Waals surface area contributed by atoms with Crippen LogP contribution < -0.4 is 5.63 Å². The Morgan fingerprint density at radius 3 is 2.76 bits per heavy atom. The van der Waals surface area contributed by atoms with E-state index in [4.69, 9.17) is 4.42 Å². The van der Waals surface area contributed by atoms with Gasteiger partial charge < -0.3 is 14.3 Å². The molecule has 4 nitrogen and oxygen atoms in total. The summed E-state index contributed by atoms with van der Waals surface area (Å²) in [6.45, 7) is 1.44. The van der Waals surface area contributed by atoms with E-state index < -0.39 is 5.63 Å². The molecule has 1 aromatic heterocycles. The van der Waals surface area contributed by atoms with Crippen LogP contribution in [0.3, 0.4) is 0 Å². The lowest BCUT2D eigenvalue weighted by atomic mass is 10.1. The van der Waals surface area contributed by atoms with Gasteiger partial charge in [-0.1, -0.05) is 12.1 Å². The Balaban J connectivity index is 2.56. The first-order valence-corrected chi connectivity index (χ1v) is 5.32. The molecule has 0 atom stereocenters. The van der Waals surface area contributed by atoms with Crippen LogP contribution in [0.2, 0.25) is 0 Å². The van der Waals surface area contributed by atoms with E-state index in [0.717, 1.165) is 0 Å². The Morgan fingerprint density at radius 2 is 2.06 bits per heavy atom. The van der Waals surface area contributed by atoms with Crippen molar-refractivity contribution in [2.75, 3.05) is 0 Å². The van der Waals surface area contributed by atoms with Gasteiger partial charge in [0.25, 0.3) is 0 Å². The van der Waals surface area contributed by atoms with Crippen LogP contribution in [-0.2, 0) is 11.2 Å². The lowest BCUT2D eigenvalue weighted by Crippen LogP contribution is -2.09. The molecule has 0 spiro atoms. The quantitative estimate of drug-likeness (QED) is 0.822. The summed E-state index contributed by atoms with van der Waals surface area (Å²) >= 11 is 0. The Kier molecular flexibility index (Phi) is 2.95. The fraction of sp³-hybridized carbons (Fsp3) is 0.231. The van der Waals surface area contributed by atoms with E-state index in [1.165, 1.54) is 6.92 Å². The van der Waals surface area contributed by atoms with Crippen molar-refractivity contribution in [3.05, 3.63) is 40.2 Å². The number of aromatic hydroxyl groups is 1. The maximum atomic E-state index is 11.6. The molecule has 0 aliphatic heterocycles. The van der Waals surface area contributed by atoms with Crippen molar-refractivity contribution < 1.29 is 14.3 Å². The third-order valence-electron chi connectivity index (χ3n) is 2.60. The van der Waals surface area contributed by atoms with Gasteiger partial charge in [-0.05, 0) is 25.5 Å².